The van der Waals surface area contributed by atoms with Crippen LogP contribution >= 0.6 is 0 Å². The van der Waals surface area contributed by atoms with Gasteiger partial charge in [-0.3, -0.25) is 4.99 Å². The van der Waals surface area contributed by atoms with Gasteiger partial charge in [0.15, 0.2) is 5.96 Å². The number of benzene rings is 1. The molecule has 0 unspecified atom stereocenters. The van der Waals surface area contributed by atoms with E-state index in [9.17, 15) is 8.42 Å². The lowest BCUT2D eigenvalue weighted by atomic mass is 9.96. The van der Waals surface area contributed by atoms with Gasteiger partial charge in [-0.15, -0.1) is 0 Å². The first-order chi connectivity index (χ1) is 11.7. The van der Waals surface area contributed by atoms with Crippen molar-refractivity contribution >= 4 is 16.0 Å². The van der Waals surface area contributed by atoms with Crippen molar-refractivity contribution in [2.75, 3.05) is 25.9 Å². The van der Waals surface area contributed by atoms with E-state index < -0.39 is 15.6 Å². The van der Waals surface area contributed by atoms with Crippen LogP contribution in [0.3, 0.4) is 0 Å². The summed E-state index contributed by atoms with van der Waals surface area (Å²) in [5.74, 6) is 0.716. The van der Waals surface area contributed by atoms with Crippen molar-refractivity contribution < 1.29 is 8.42 Å². The van der Waals surface area contributed by atoms with Crippen LogP contribution in [-0.2, 0) is 15.4 Å². The van der Waals surface area contributed by atoms with Gasteiger partial charge in [-0.1, -0.05) is 30.3 Å². The molecule has 1 saturated carbocycles. The molecule has 1 aromatic carbocycles. The van der Waals surface area contributed by atoms with Gasteiger partial charge < -0.3 is 10.6 Å². The number of guanidine groups is 1. The van der Waals surface area contributed by atoms with E-state index in [2.05, 4.69) is 44.6 Å². The van der Waals surface area contributed by atoms with E-state index in [0.717, 1.165) is 13.1 Å². The van der Waals surface area contributed by atoms with E-state index in [0.29, 0.717) is 12.5 Å². The molecular weight excluding hydrogens is 336 g/mol. The fourth-order valence-corrected chi connectivity index (χ4v) is 3.98. The minimum Gasteiger partial charge on any atom is -0.357 e. The van der Waals surface area contributed by atoms with Crippen molar-refractivity contribution in [1.82, 2.24) is 15.4 Å². The Morgan fingerprint density at radius 2 is 1.84 bits per heavy atom. The second kappa shape index (κ2) is 7.74. The van der Waals surface area contributed by atoms with Crippen molar-refractivity contribution in [2.45, 2.75) is 44.6 Å². The predicted octanol–water partition coefficient (Wildman–Crippen LogP) is 1.60. The van der Waals surface area contributed by atoms with Crippen molar-refractivity contribution in [3.63, 3.8) is 0 Å². The van der Waals surface area contributed by atoms with Gasteiger partial charge in [-0.05, 0) is 39.2 Å². The summed E-state index contributed by atoms with van der Waals surface area (Å²) >= 11 is 0. The molecule has 0 aliphatic heterocycles. The molecule has 0 spiro atoms. The van der Waals surface area contributed by atoms with Crippen molar-refractivity contribution in [3.8, 4) is 0 Å². The first-order valence-electron chi connectivity index (χ1n) is 8.72. The maximum absolute atomic E-state index is 11.4. The van der Waals surface area contributed by atoms with Crippen LogP contribution in [0.1, 0.15) is 39.2 Å². The van der Waals surface area contributed by atoms with Crippen LogP contribution in [-0.4, -0.2) is 45.8 Å². The summed E-state index contributed by atoms with van der Waals surface area (Å²) in [5.41, 5.74) is 0.919. The van der Waals surface area contributed by atoms with Crippen LogP contribution in [0.2, 0.25) is 0 Å². The summed E-state index contributed by atoms with van der Waals surface area (Å²) in [5, 5.41) is 6.65. The highest BCUT2D eigenvalue weighted by atomic mass is 32.2. The summed E-state index contributed by atoms with van der Waals surface area (Å²) in [6.07, 6.45) is 3.51. The third kappa shape index (κ3) is 6.32. The molecule has 3 N–H and O–H groups in total. The smallest absolute Gasteiger partial charge is 0.209 e. The third-order valence-corrected chi connectivity index (χ3v) is 5.20. The summed E-state index contributed by atoms with van der Waals surface area (Å²) in [6.45, 7) is 7.60. The molecule has 140 valence electrons. The van der Waals surface area contributed by atoms with Gasteiger partial charge >= 0.3 is 0 Å². The molecule has 1 aliphatic carbocycles. The quantitative estimate of drug-likeness (QED) is 0.482. The minimum absolute atomic E-state index is 0.192. The van der Waals surface area contributed by atoms with E-state index in [1.54, 1.807) is 0 Å². The molecule has 0 heterocycles. The lowest BCUT2D eigenvalue weighted by Gasteiger charge is -2.24. The predicted molar refractivity (Wildman–Crippen MR) is 103 cm³/mol. The van der Waals surface area contributed by atoms with Gasteiger partial charge in [0, 0.05) is 24.0 Å². The van der Waals surface area contributed by atoms with Crippen LogP contribution in [0.5, 0.6) is 0 Å². The highest BCUT2D eigenvalue weighted by molar-refractivity contribution is 7.88. The van der Waals surface area contributed by atoms with Crippen LogP contribution < -0.4 is 15.4 Å². The van der Waals surface area contributed by atoms with Crippen molar-refractivity contribution in [2.24, 2.45) is 4.99 Å². The Balaban J connectivity index is 1.99. The van der Waals surface area contributed by atoms with Gasteiger partial charge in [-0.25, -0.2) is 13.1 Å². The lowest BCUT2D eigenvalue weighted by Crippen LogP contribution is -2.47. The number of nitrogens with zero attached hydrogens (tertiary/aromatic N) is 1. The van der Waals surface area contributed by atoms with Gasteiger partial charge in [0.1, 0.15) is 0 Å². The molecule has 0 saturated heterocycles. The Bertz CT molecular complexity index is 695. The molecule has 2 rings (SSSR count). The van der Waals surface area contributed by atoms with Crippen LogP contribution in [0.15, 0.2) is 35.3 Å². The molecule has 0 amide bonds. The van der Waals surface area contributed by atoms with Crippen LogP contribution in [0.4, 0.5) is 0 Å². The highest BCUT2D eigenvalue weighted by Crippen LogP contribution is 2.47. The summed E-state index contributed by atoms with van der Waals surface area (Å²) in [6, 6.07) is 10.5. The average molecular weight is 367 g/mol. The number of sulfonamides is 1. The number of hydrogen-bond acceptors (Lipinski definition) is 3. The molecule has 1 aliphatic rings. The Hall–Kier alpha value is -1.60. The molecule has 25 heavy (non-hydrogen) atoms. The molecule has 0 aromatic heterocycles. The van der Waals surface area contributed by atoms with E-state index in [-0.39, 0.29) is 5.41 Å². The number of hydrogen-bond donors (Lipinski definition) is 3. The molecule has 6 nitrogen and oxygen atoms in total. The Morgan fingerprint density at radius 3 is 2.36 bits per heavy atom. The highest BCUT2D eigenvalue weighted by Gasteiger charge is 2.44. The largest absolute Gasteiger partial charge is 0.357 e. The average Bonchev–Trinajstić information content (AvgIpc) is 3.30. The monoisotopic (exact) mass is 366 g/mol. The summed E-state index contributed by atoms with van der Waals surface area (Å²) in [7, 11) is -3.26. The molecule has 7 heteroatoms. The zero-order valence-corrected chi connectivity index (χ0v) is 16.4. The summed E-state index contributed by atoms with van der Waals surface area (Å²) < 4.78 is 25.5. The number of aliphatic imine (C=N–C) groups is 1. The van der Waals surface area contributed by atoms with Crippen molar-refractivity contribution in [1.29, 1.82) is 0 Å². The topological polar surface area (TPSA) is 82.6 Å². The SMILES string of the molecule is CCNC(=NCC(C)(C)NS(C)(=O)=O)NCC1(c2ccccc2)CC1. The maximum atomic E-state index is 11.4. The lowest BCUT2D eigenvalue weighted by molar-refractivity contribution is 0.464. The van der Waals surface area contributed by atoms with Gasteiger partial charge in [-0.2, -0.15) is 0 Å². The second-order valence-corrected chi connectivity index (χ2v) is 9.20. The molecule has 1 fully saturated rings. The van der Waals surface area contributed by atoms with E-state index in [1.165, 1.54) is 24.7 Å². The molecule has 0 bridgehead atoms. The van der Waals surface area contributed by atoms with Gasteiger partial charge in [0.2, 0.25) is 10.0 Å². The first kappa shape index (κ1) is 19.7. The van der Waals surface area contributed by atoms with Crippen LogP contribution in [0.25, 0.3) is 0 Å². The fourth-order valence-electron chi connectivity index (χ4n) is 2.92. The van der Waals surface area contributed by atoms with Gasteiger partial charge in [0.05, 0.1) is 12.8 Å². The molecule has 1 aromatic rings. The zero-order valence-electron chi connectivity index (χ0n) is 15.6. The molecule has 0 atom stereocenters. The maximum Gasteiger partial charge on any atom is 0.209 e. The van der Waals surface area contributed by atoms with Crippen molar-refractivity contribution in [3.05, 3.63) is 35.9 Å². The first-order valence-corrected chi connectivity index (χ1v) is 10.6. The number of nitrogens with one attached hydrogen (secondary N) is 3. The standard InChI is InChI=1S/C18H30N4O2S/c1-5-19-16(20-13-17(2,3)22-25(4,23)24)21-14-18(11-12-18)15-9-7-6-8-10-15/h6-10,22H,5,11-14H2,1-4H3,(H2,19,20,21). The van der Waals surface area contributed by atoms with E-state index in [1.807, 2.05) is 26.8 Å². The second-order valence-electron chi connectivity index (χ2n) is 7.45. The third-order valence-electron chi connectivity index (χ3n) is 4.27. The minimum atomic E-state index is -3.26. The van der Waals surface area contributed by atoms with Crippen LogP contribution in [0, 0.1) is 0 Å². The Morgan fingerprint density at radius 1 is 1.20 bits per heavy atom. The molecular formula is C18H30N4O2S. The number of rotatable bonds is 8. The fraction of sp³-hybridized carbons (Fsp3) is 0.611. The normalized spacial score (nSPS) is 17.2. The van der Waals surface area contributed by atoms with E-state index in [4.69, 9.17) is 0 Å². The zero-order chi connectivity index (χ0) is 18.6. The Kier molecular flexibility index (Phi) is 6.11. The molecule has 0 radical (unpaired) electrons. The Labute approximate surface area is 151 Å². The summed E-state index contributed by atoms with van der Waals surface area (Å²) in [4.78, 5) is 4.56. The van der Waals surface area contributed by atoms with Gasteiger partial charge in [0.25, 0.3) is 0 Å². The van der Waals surface area contributed by atoms with E-state index >= 15 is 0 Å².